The van der Waals surface area contributed by atoms with Crippen LogP contribution in [0.5, 0.6) is 5.88 Å². The predicted molar refractivity (Wildman–Crippen MR) is 57.0 cm³/mol. The Morgan fingerprint density at radius 3 is 2.69 bits per heavy atom. The molecule has 2 aromatic rings. The van der Waals surface area contributed by atoms with Crippen LogP contribution in [0.25, 0.3) is 5.69 Å². The number of carboxylic acid groups (broad SMARTS) is 1. The first-order chi connectivity index (χ1) is 7.66. The van der Waals surface area contributed by atoms with Crippen LogP contribution in [-0.2, 0) is 0 Å². The molecule has 2 rings (SSSR count). The van der Waals surface area contributed by atoms with E-state index in [1.54, 1.807) is 13.0 Å². The van der Waals surface area contributed by atoms with E-state index in [1.165, 1.54) is 4.68 Å². The Morgan fingerprint density at radius 1 is 1.38 bits per heavy atom. The van der Waals surface area contributed by atoms with Gasteiger partial charge in [0.05, 0.1) is 11.4 Å². The zero-order valence-electron chi connectivity index (χ0n) is 8.62. The third-order valence-corrected chi connectivity index (χ3v) is 1.99. The van der Waals surface area contributed by atoms with Crippen molar-refractivity contribution in [1.29, 1.82) is 0 Å². The van der Waals surface area contributed by atoms with Crippen molar-refractivity contribution in [3.8, 4) is 11.6 Å². The van der Waals surface area contributed by atoms with Gasteiger partial charge in [0, 0.05) is 6.07 Å². The van der Waals surface area contributed by atoms with E-state index in [0.29, 0.717) is 5.69 Å². The molecule has 0 saturated carbocycles. The van der Waals surface area contributed by atoms with Gasteiger partial charge < -0.3 is 9.84 Å². The Hall–Kier alpha value is -2.30. The smallest absolute Gasteiger partial charge is 0.449 e. The first-order valence-corrected chi connectivity index (χ1v) is 4.69. The second-order valence-electron chi connectivity index (χ2n) is 3.24. The fraction of sp³-hybridized carbons (Fsp3) is 0.0909. The number of benzene rings is 1. The lowest BCUT2D eigenvalue weighted by atomic mass is 10.3. The van der Waals surface area contributed by atoms with Crippen molar-refractivity contribution in [2.24, 2.45) is 0 Å². The van der Waals surface area contributed by atoms with Crippen LogP contribution >= 0.6 is 0 Å². The van der Waals surface area contributed by atoms with Gasteiger partial charge >= 0.3 is 6.16 Å². The fourth-order valence-corrected chi connectivity index (χ4v) is 1.39. The lowest BCUT2D eigenvalue weighted by molar-refractivity contribution is 0.141. The third-order valence-electron chi connectivity index (χ3n) is 1.99. The molecule has 0 unspecified atom stereocenters. The van der Waals surface area contributed by atoms with E-state index < -0.39 is 6.16 Å². The van der Waals surface area contributed by atoms with Crippen molar-refractivity contribution in [3.63, 3.8) is 0 Å². The number of ether oxygens (including phenoxy) is 1. The van der Waals surface area contributed by atoms with Crippen LogP contribution in [0, 0.1) is 6.92 Å². The summed E-state index contributed by atoms with van der Waals surface area (Å²) < 4.78 is 6.09. The number of para-hydroxylation sites is 1. The second-order valence-corrected chi connectivity index (χ2v) is 3.24. The lowest BCUT2D eigenvalue weighted by Crippen LogP contribution is -2.08. The standard InChI is InChI=1S/C11H10N2O3/c1-8-7-10(16-11(14)15)13(12-8)9-5-3-2-4-6-9/h2-7H,1H3,(H,14,15). The Bertz CT molecular complexity index is 505. The van der Waals surface area contributed by atoms with E-state index in [0.717, 1.165) is 5.69 Å². The average molecular weight is 218 g/mol. The zero-order chi connectivity index (χ0) is 11.5. The van der Waals surface area contributed by atoms with Crippen molar-refractivity contribution >= 4 is 6.16 Å². The topological polar surface area (TPSA) is 64.3 Å². The number of aromatic nitrogens is 2. The highest BCUT2D eigenvalue weighted by molar-refractivity contribution is 5.60. The van der Waals surface area contributed by atoms with Gasteiger partial charge in [-0.2, -0.15) is 5.10 Å². The van der Waals surface area contributed by atoms with Crippen molar-refractivity contribution < 1.29 is 14.6 Å². The highest BCUT2D eigenvalue weighted by atomic mass is 16.7. The summed E-state index contributed by atoms with van der Waals surface area (Å²) in [5.41, 5.74) is 1.45. The molecule has 82 valence electrons. The summed E-state index contributed by atoms with van der Waals surface area (Å²) in [6.07, 6.45) is -1.35. The molecule has 0 saturated heterocycles. The summed E-state index contributed by atoms with van der Waals surface area (Å²) in [6, 6.07) is 10.8. The summed E-state index contributed by atoms with van der Waals surface area (Å²) >= 11 is 0. The number of hydrogen-bond donors (Lipinski definition) is 1. The van der Waals surface area contributed by atoms with Gasteiger partial charge in [0.15, 0.2) is 0 Å². The molecular formula is C11H10N2O3. The van der Waals surface area contributed by atoms with Gasteiger partial charge in [-0.3, -0.25) is 0 Å². The van der Waals surface area contributed by atoms with E-state index in [1.807, 2.05) is 30.3 Å². The molecule has 5 heteroatoms. The molecule has 1 N–H and O–H groups in total. The summed E-state index contributed by atoms with van der Waals surface area (Å²) in [4.78, 5) is 10.5. The monoisotopic (exact) mass is 218 g/mol. The first-order valence-electron chi connectivity index (χ1n) is 4.69. The predicted octanol–water partition coefficient (Wildman–Crippen LogP) is 2.24. The normalized spacial score (nSPS) is 10.1. The Morgan fingerprint density at radius 2 is 2.06 bits per heavy atom. The van der Waals surface area contributed by atoms with Crippen LogP contribution in [-0.4, -0.2) is 21.0 Å². The molecule has 0 amide bonds. The van der Waals surface area contributed by atoms with Gasteiger partial charge in [0.2, 0.25) is 5.88 Å². The minimum absolute atomic E-state index is 0.191. The average Bonchev–Trinajstić information content (AvgIpc) is 2.60. The van der Waals surface area contributed by atoms with Crippen LogP contribution in [0.3, 0.4) is 0 Å². The van der Waals surface area contributed by atoms with E-state index in [2.05, 4.69) is 9.84 Å². The fourth-order valence-electron chi connectivity index (χ4n) is 1.39. The maximum Gasteiger partial charge on any atom is 0.512 e. The van der Waals surface area contributed by atoms with Crippen LogP contribution in [0.15, 0.2) is 36.4 Å². The summed E-state index contributed by atoms with van der Waals surface area (Å²) in [5.74, 6) is 0.191. The molecule has 0 spiro atoms. The molecule has 0 radical (unpaired) electrons. The number of aryl methyl sites for hydroxylation is 1. The molecule has 0 aliphatic carbocycles. The Labute approximate surface area is 91.9 Å². The largest absolute Gasteiger partial charge is 0.512 e. The van der Waals surface area contributed by atoms with Gasteiger partial charge in [-0.05, 0) is 19.1 Å². The maximum absolute atomic E-state index is 10.5. The molecule has 1 heterocycles. The quantitative estimate of drug-likeness (QED) is 0.785. The van der Waals surface area contributed by atoms with E-state index in [4.69, 9.17) is 5.11 Å². The second kappa shape index (κ2) is 4.06. The van der Waals surface area contributed by atoms with E-state index >= 15 is 0 Å². The molecule has 0 fully saturated rings. The molecule has 5 nitrogen and oxygen atoms in total. The van der Waals surface area contributed by atoms with Crippen LogP contribution < -0.4 is 4.74 Å². The molecular weight excluding hydrogens is 208 g/mol. The highest BCUT2D eigenvalue weighted by Crippen LogP contribution is 2.18. The van der Waals surface area contributed by atoms with Crippen molar-refractivity contribution in [2.75, 3.05) is 0 Å². The van der Waals surface area contributed by atoms with Gasteiger partial charge in [-0.25, -0.2) is 9.48 Å². The summed E-state index contributed by atoms with van der Waals surface area (Å²) in [7, 11) is 0. The van der Waals surface area contributed by atoms with Gasteiger partial charge in [-0.1, -0.05) is 18.2 Å². The molecule has 0 bridgehead atoms. The zero-order valence-corrected chi connectivity index (χ0v) is 8.62. The van der Waals surface area contributed by atoms with Crippen molar-refractivity contribution in [2.45, 2.75) is 6.92 Å². The first kappa shape index (κ1) is 10.2. The number of hydrogen-bond acceptors (Lipinski definition) is 3. The highest BCUT2D eigenvalue weighted by Gasteiger charge is 2.11. The summed E-state index contributed by atoms with van der Waals surface area (Å²) in [6.45, 7) is 1.77. The van der Waals surface area contributed by atoms with E-state index in [9.17, 15) is 4.79 Å². The Kier molecular flexibility index (Phi) is 2.59. The lowest BCUT2D eigenvalue weighted by Gasteiger charge is -2.04. The molecule has 0 atom stereocenters. The molecule has 1 aromatic heterocycles. The summed E-state index contributed by atoms with van der Waals surface area (Å²) in [5, 5.41) is 12.7. The SMILES string of the molecule is Cc1cc(OC(=O)O)n(-c2ccccc2)n1. The van der Waals surface area contributed by atoms with Crippen LogP contribution in [0.2, 0.25) is 0 Å². The molecule has 0 aliphatic heterocycles. The number of carbonyl (C=O) groups is 1. The Balaban J connectivity index is 2.44. The maximum atomic E-state index is 10.5. The number of rotatable bonds is 2. The third kappa shape index (κ3) is 2.03. The van der Waals surface area contributed by atoms with Crippen LogP contribution in [0.1, 0.15) is 5.69 Å². The molecule has 16 heavy (non-hydrogen) atoms. The number of nitrogens with zero attached hydrogens (tertiary/aromatic N) is 2. The van der Waals surface area contributed by atoms with Gasteiger partial charge in [0.25, 0.3) is 0 Å². The van der Waals surface area contributed by atoms with Crippen molar-refractivity contribution in [1.82, 2.24) is 9.78 Å². The van der Waals surface area contributed by atoms with Gasteiger partial charge in [-0.15, -0.1) is 0 Å². The van der Waals surface area contributed by atoms with Gasteiger partial charge in [0.1, 0.15) is 0 Å². The minimum atomic E-state index is -1.35. The van der Waals surface area contributed by atoms with Crippen molar-refractivity contribution in [3.05, 3.63) is 42.1 Å². The van der Waals surface area contributed by atoms with E-state index in [-0.39, 0.29) is 5.88 Å². The minimum Gasteiger partial charge on any atom is -0.449 e. The molecule has 1 aromatic carbocycles. The van der Waals surface area contributed by atoms with Crippen LogP contribution in [0.4, 0.5) is 4.79 Å². The molecule has 0 aliphatic rings.